The zero-order valence-corrected chi connectivity index (χ0v) is 14.4. The lowest BCUT2D eigenvalue weighted by Crippen LogP contribution is -2.52. The van der Waals surface area contributed by atoms with Crippen LogP contribution in [0.15, 0.2) is 24.3 Å². The third-order valence-corrected chi connectivity index (χ3v) is 8.33. The van der Waals surface area contributed by atoms with Crippen LogP contribution in [0.3, 0.4) is 0 Å². The van der Waals surface area contributed by atoms with E-state index in [9.17, 15) is 9.90 Å². The molecule has 3 fully saturated rings. The molecular formula is C21H30O2. The second-order valence-corrected chi connectivity index (χ2v) is 8.83. The van der Waals surface area contributed by atoms with Crippen LogP contribution in [0.5, 0.6) is 0 Å². The van der Waals surface area contributed by atoms with Crippen LogP contribution in [0.25, 0.3) is 0 Å². The maximum Gasteiger partial charge on any atom is 0.155 e. The van der Waals surface area contributed by atoms with E-state index < -0.39 is 0 Å². The summed E-state index contributed by atoms with van der Waals surface area (Å²) < 4.78 is 0. The molecule has 4 aliphatic carbocycles. The van der Waals surface area contributed by atoms with E-state index >= 15 is 0 Å². The van der Waals surface area contributed by atoms with Crippen molar-refractivity contribution in [3.8, 4) is 0 Å². The van der Waals surface area contributed by atoms with Gasteiger partial charge in [-0.1, -0.05) is 18.6 Å². The van der Waals surface area contributed by atoms with E-state index in [0.29, 0.717) is 23.7 Å². The molecule has 0 aromatic rings. The number of ketones is 1. The third-order valence-electron chi connectivity index (χ3n) is 8.33. The number of fused-ring (bicyclic) bond motifs is 5. The molecule has 0 aromatic carbocycles. The Morgan fingerprint density at radius 3 is 2.78 bits per heavy atom. The smallest absolute Gasteiger partial charge is 0.155 e. The highest BCUT2D eigenvalue weighted by Crippen LogP contribution is 2.66. The van der Waals surface area contributed by atoms with Gasteiger partial charge in [-0.25, -0.2) is 0 Å². The number of rotatable bonds is 2. The SMILES string of the molecule is C=CC1CCC2C3CCC4=CC(=O)CC[C@]4(CO)C3CC[C@]12C. The summed E-state index contributed by atoms with van der Waals surface area (Å²) in [6, 6.07) is 0. The van der Waals surface area contributed by atoms with Gasteiger partial charge in [-0.2, -0.15) is 0 Å². The van der Waals surface area contributed by atoms with Crippen molar-refractivity contribution in [1.29, 1.82) is 0 Å². The molecule has 0 radical (unpaired) electrons. The summed E-state index contributed by atoms with van der Waals surface area (Å²) in [5.74, 6) is 3.05. The first-order valence-corrected chi connectivity index (χ1v) is 9.52. The van der Waals surface area contributed by atoms with Crippen LogP contribution in [0, 0.1) is 34.5 Å². The molecule has 126 valence electrons. The molecule has 4 unspecified atom stereocenters. The van der Waals surface area contributed by atoms with E-state index in [2.05, 4.69) is 19.6 Å². The van der Waals surface area contributed by atoms with Gasteiger partial charge >= 0.3 is 0 Å². The largest absolute Gasteiger partial charge is 0.395 e. The van der Waals surface area contributed by atoms with Gasteiger partial charge in [0.2, 0.25) is 0 Å². The van der Waals surface area contributed by atoms with Gasteiger partial charge in [0, 0.05) is 11.8 Å². The highest BCUT2D eigenvalue weighted by molar-refractivity contribution is 5.91. The summed E-state index contributed by atoms with van der Waals surface area (Å²) in [6.45, 7) is 6.83. The van der Waals surface area contributed by atoms with E-state index in [1.54, 1.807) is 0 Å². The number of allylic oxidation sites excluding steroid dienone is 1. The highest BCUT2D eigenvalue weighted by Gasteiger charge is 2.59. The number of aliphatic hydroxyl groups excluding tert-OH is 1. The van der Waals surface area contributed by atoms with E-state index in [1.165, 1.54) is 37.7 Å². The van der Waals surface area contributed by atoms with E-state index in [4.69, 9.17) is 0 Å². The van der Waals surface area contributed by atoms with E-state index in [1.807, 2.05) is 6.08 Å². The molecule has 0 amide bonds. The average molecular weight is 314 g/mol. The Morgan fingerprint density at radius 1 is 1.22 bits per heavy atom. The first kappa shape index (κ1) is 15.6. The Morgan fingerprint density at radius 2 is 2.04 bits per heavy atom. The summed E-state index contributed by atoms with van der Waals surface area (Å²) in [5.41, 5.74) is 1.62. The van der Waals surface area contributed by atoms with Crippen LogP contribution < -0.4 is 0 Å². The standard InChI is InChI=1S/C21H30O2/c1-3-14-5-7-18-17-6-4-15-12-16(23)8-11-21(15,13-22)19(17)9-10-20(14,18)2/h3,12,14,17-19,22H,1,4-11,13H2,2H3/t14?,17?,18?,19?,20-,21-/m1/s1. The fourth-order valence-electron chi connectivity index (χ4n) is 7.09. The number of aliphatic hydroxyl groups is 1. The highest BCUT2D eigenvalue weighted by atomic mass is 16.3. The summed E-state index contributed by atoms with van der Waals surface area (Å²) in [4.78, 5) is 11.9. The Labute approximate surface area is 140 Å². The fourth-order valence-corrected chi connectivity index (χ4v) is 7.09. The molecule has 0 heterocycles. The zero-order valence-electron chi connectivity index (χ0n) is 14.4. The van der Waals surface area contributed by atoms with E-state index in [-0.39, 0.29) is 17.8 Å². The van der Waals surface area contributed by atoms with Crippen LogP contribution in [0.2, 0.25) is 0 Å². The van der Waals surface area contributed by atoms with Crippen LogP contribution in [-0.2, 0) is 4.79 Å². The molecule has 2 heteroatoms. The molecule has 3 saturated carbocycles. The van der Waals surface area contributed by atoms with Gasteiger partial charge in [0.15, 0.2) is 5.78 Å². The summed E-state index contributed by atoms with van der Waals surface area (Å²) in [5, 5.41) is 10.3. The maximum absolute atomic E-state index is 11.9. The maximum atomic E-state index is 11.9. The van der Waals surface area contributed by atoms with Crippen molar-refractivity contribution in [1.82, 2.24) is 0 Å². The minimum atomic E-state index is -0.0789. The van der Waals surface area contributed by atoms with Crippen molar-refractivity contribution in [3.63, 3.8) is 0 Å². The van der Waals surface area contributed by atoms with Crippen molar-refractivity contribution >= 4 is 5.78 Å². The Bertz CT molecular complexity index is 562. The van der Waals surface area contributed by atoms with Gasteiger partial charge in [0.1, 0.15) is 0 Å². The Balaban J connectivity index is 1.70. The van der Waals surface area contributed by atoms with Crippen molar-refractivity contribution in [2.24, 2.45) is 34.5 Å². The lowest BCUT2D eigenvalue weighted by atomic mass is 9.46. The monoisotopic (exact) mass is 314 g/mol. The van der Waals surface area contributed by atoms with Crippen molar-refractivity contribution in [2.45, 2.75) is 58.3 Å². The average Bonchev–Trinajstić information content (AvgIpc) is 2.90. The van der Waals surface area contributed by atoms with Crippen LogP contribution in [-0.4, -0.2) is 17.5 Å². The molecule has 0 spiro atoms. The number of hydrogen-bond acceptors (Lipinski definition) is 2. The second kappa shape index (κ2) is 5.31. The molecule has 6 atom stereocenters. The molecule has 0 bridgehead atoms. The predicted octanol–water partition coefficient (Wildman–Crippen LogP) is 4.29. The zero-order chi connectivity index (χ0) is 16.2. The number of carbonyl (C=O) groups is 1. The Kier molecular flexibility index (Phi) is 3.61. The molecule has 0 saturated heterocycles. The van der Waals surface area contributed by atoms with Gasteiger partial charge < -0.3 is 5.11 Å². The summed E-state index contributed by atoms with van der Waals surface area (Å²) in [7, 11) is 0. The molecular weight excluding hydrogens is 284 g/mol. The minimum Gasteiger partial charge on any atom is -0.395 e. The molecule has 1 N–H and O–H groups in total. The third kappa shape index (κ3) is 2.00. The topological polar surface area (TPSA) is 37.3 Å². The minimum absolute atomic E-state index is 0.0789. The normalized spacial score (nSPS) is 49.0. The molecule has 2 nitrogen and oxygen atoms in total. The van der Waals surface area contributed by atoms with Gasteiger partial charge in [-0.05, 0) is 80.1 Å². The lowest BCUT2D eigenvalue weighted by molar-refractivity contribution is -0.119. The van der Waals surface area contributed by atoms with Crippen LogP contribution >= 0.6 is 0 Å². The summed E-state index contributed by atoms with van der Waals surface area (Å²) >= 11 is 0. The van der Waals surface area contributed by atoms with Gasteiger partial charge in [-0.15, -0.1) is 6.58 Å². The van der Waals surface area contributed by atoms with Crippen LogP contribution in [0.4, 0.5) is 0 Å². The van der Waals surface area contributed by atoms with E-state index in [0.717, 1.165) is 24.7 Å². The Hall–Kier alpha value is -0.890. The first-order chi connectivity index (χ1) is 11.0. The van der Waals surface area contributed by atoms with Crippen molar-refractivity contribution in [3.05, 3.63) is 24.3 Å². The molecule has 0 aromatic heterocycles. The molecule has 4 rings (SSSR count). The molecule has 0 aliphatic heterocycles. The molecule has 4 aliphatic rings. The number of carbonyl (C=O) groups excluding carboxylic acids is 1. The number of hydrogen-bond donors (Lipinski definition) is 1. The summed E-state index contributed by atoms with van der Waals surface area (Å²) in [6.07, 6.45) is 12.9. The van der Waals surface area contributed by atoms with Crippen molar-refractivity contribution < 1.29 is 9.90 Å². The second-order valence-electron chi connectivity index (χ2n) is 8.83. The quantitative estimate of drug-likeness (QED) is 0.772. The van der Waals surface area contributed by atoms with Gasteiger partial charge in [0.05, 0.1) is 6.61 Å². The van der Waals surface area contributed by atoms with Crippen molar-refractivity contribution in [2.75, 3.05) is 6.61 Å². The van der Waals surface area contributed by atoms with Gasteiger partial charge in [0.25, 0.3) is 0 Å². The fraction of sp³-hybridized carbons (Fsp3) is 0.762. The first-order valence-electron chi connectivity index (χ1n) is 9.52. The van der Waals surface area contributed by atoms with Gasteiger partial charge in [-0.3, -0.25) is 4.79 Å². The molecule has 23 heavy (non-hydrogen) atoms. The lowest BCUT2D eigenvalue weighted by Gasteiger charge is -2.58. The van der Waals surface area contributed by atoms with Crippen LogP contribution in [0.1, 0.15) is 58.3 Å². The predicted molar refractivity (Wildman–Crippen MR) is 91.8 cm³/mol.